The minimum absolute atomic E-state index is 0.346. The van der Waals surface area contributed by atoms with Gasteiger partial charge in [0.25, 0.3) is 0 Å². The normalized spacial score (nSPS) is 13.3. The zero-order valence-corrected chi connectivity index (χ0v) is 10.1. The number of hydrogen-bond donors (Lipinski definition) is 1. The molecule has 0 radical (unpaired) electrons. The Bertz CT molecular complexity index is 540. The second-order valence-corrected chi connectivity index (χ2v) is 5.45. The summed E-state index contributed by atoms with van der Waals surface area (Å²) in [6.07, 6.45) is -4.34. The number of rotatable bonds is 1. The first-order valence-electron chi connectivity index (χ1n) is 4.95. The molecule has 0 aliphatic rings. The molecule has 0 saturated heterocycles. The Hall–Kier alpha value is -1.14. The summed E-state index contributed by atoms with van der Waals surface area (Å²) in [5.41, 5.74) is 4.90. The molecule has 2 N–H and O–H groups in total. The van der Waals surface area contributed by atoms with Crippen molar-refractivity contribution in [2.75, 3.05) is 0 Å². The van der Waals surface area contributed by atoms with E-state index in [0.29, 0.717) is 15.2 Å². The molecular formula is C11H11F3N2S. The van der Waals surface area contributed by atoms with E-state index >= 15 is 0 Å². The van der Waals surface area contributed by atoms with Crippen LogP contribution in [0.5, 0.6) is 0 Å². The van der Waals surface area contributed by atoms with Crippen molar-refractivity contribution in [3.05, 3.63) is 28.8 Å². The van der Waals surface area contributed by atoms with E-state index in [1.54, 1.807) is 13.8 Å². The van der Waals surface area contributed by atoms with Crippen molar-refractivity contribution >= 4 is 21.6 Å². The van der Waals surface area contributed by atoms with Crippen LogP contribution in [0.3, 0.4) is 0 Å². The van der Waals surface area contributed by atoms with Gasteiger partial charge in [-0.3, -0.25) is 0 Å². The largest absolute Gasteiger partial charge is 0.416 e. The van der Waals surface area contributed by atoms with Crippen LogP contribution in [0.25, 0.3) is 10.2 Å². The van der Waals surface area contributed by atoms with Crippen LogP contribution in [0.4, 0.5) is 13.2 Å². The van der Waals surface area contributed by atoms with Crippen LogP contribution in [0, 0.1) is 0 Å². The number of hydrogen-bond acceptors (Lipinski definition) is 3. The van der Waals surface area contributed by atoms with Crippen molar-refractivity contribution in [3.8, 4) is 0 Å². The molecule has 1 aromatic carbocycles. The van der Waals surface area contributed by atoms with Crippen molar-refractivity contribution in [2.45, 2.75) is 25.6 Å². The third-order valence-electron chi connectivity index (χ3n) is 2.27. The third-order valence-corrected chi connectivity index (χ3v) is 3.64. The fourth-order valence-electron chi connectivity index (χ4n) is 1.38. The number of thiazole rings is 1. The molecule has 0 spiro atoms. The molecule has 17 heavy (non-hydrogen) atoms. The number of alkyl halides is 3. The molecule has 0 aliphatic carbocycles. The second kappa shape index (κ2) is 3.68. The molecule has 2 aromatic rings. The minimum Gasteiger partial charge on any atom is -0.320 e. The number of halogens is 3. The number of nitrogens with zero attached hydrogens (tertiary/aromatic N) is 1. The van der Waals surface area contributed by atoms with Crippen molar-refractivity contribution in [1.82, 2.24) is 4.98 Å². The molecule has 6 heteroatoms. The molecule has 0 saturated carbocycles. The van der Waals surface area contributed by atoms with E-state index in [1.165, 1.54) is 17.4 Å². The van der Waals surface area contributed by atoms with Gasteiger partial charge in [0.15, 0.2) is 0 Å². The SMILES string of the molecule is CC(C)(N)c1nc2cc(C(F)(F)F)ccc2s1. The molecule has 1 heterocycles. The van der Waals surface area contributed by atoms with Gasteiger partial charge in [0.1, 0.15) is 5.01 Å². The van der Waals surface area contributed by atoms with Crippen LogP contribution in [-0.4, -0.2) is 4.98 Å². The predicted octanol–water partition coefficient (Wildman–Crippen LogP) is 3.51. The van der Waals surface area contributed by atoms with Gasteiger partial charge in [-0.15, -0.1) is 11.3 Å². The van der Waals surface area contributed by atoms with Gasteiger partial charge in [0, 0.05) is 0 Å². The Morgan fingerprint density at radius 3 is 2.41 bits per heavy atom. The van der Waals surface area contributed by atoms with Crippen LogP contribution in [0.15, 0.2) is 18.2 Å². The molecule has 0 atom stereocenters. The van der Waals surface area contributed by atoms with Crippen molar-refractivity contribution in [1.29, 1.82) is 0 Å². The fourth-order valence-corrected chi connectivity index (χ4v) is 2.34. The lowest BCUT2D eigenvalue weighted by atomic mass is 10.1. The Labute approximate surface area is 100 Å². The second-order valence-electron chi connectivity index (χ2n) is 4.42. The summed E-state index contributed by atoms with van der Waals surface area (Å²) in [7, 11) is 0. The lowest BCUT2D eigenvalue weighted by Gasteiger charge is -2.13. The highest BCUT2D eigenvalue weighted by Crippen LogP contribution is 2.34. The number of benzene rings is 1. The number of aromatic nitrogens is 1. The van der Waals surface area contributed by atoms with E-state index in [2.05, 4.69) is 4.98 Å². The summed E-state index contributed by atoms with van der Waals surface area (Å²) < 4.78 is 38.2. The van der Waals surface area contributed by atoms with Gasteiger partial charge in [0.05, 0.1) is 21.3 Å². The summed E-state index contributed by atoms with van der Waals surface area (Å²) >= 11 is 1.32. The highest BCUT2D eigenvalue weighted by atomic mass is 32.1. The maximum atomic E-state index is 12.5. The maximum absolute atomic E-state index is 12.5. The molecular weight excluding hydrogens is 249 g/mol. The summed E-state index contributed by atoms with van der Waals surface area (Å²) in [5.74, 6) is 0. The zero-order valence-electron chi connectivity index (χ0n) is 9.30. The van der Waals surface area contributed by atoms with Crippen LogP contribution < -0.4 is 5.73 Å². The summed E-state index contributed by atoms with van der Waals surface area (Å²) in [4.78, 5) is 4.15. The first kappa shape index (κ1) is 12.3. The van der Waals surface area contributed by atoms with Gasteiger partial charge in [0.2, 0.25) is 0 Å². The molecule has 0 aliphatic heterocycles. The lowest BCUT2D eigenvalue weighted by molar-refractivity contribution is -0.137. The minimum atomic E-state index is -4.34. The summed E-state index contributed by atoms with van der Waals surface area (Å²) in [6, 6.07) is 3.56. The number of nitrogens with two attached hydrogens (primary N) is 1. The van der Waals surface area contributed by atoms with E-state index < -0.39 is 17.3 Å². The first-order chi connectivity index (χ1) is 7.68. The van der Waals surface area contributed by atoms with E-state index in [-0.39, 0.29) is 0 Å². The lowest BCUT2D eigenvalue weighted by Crippen LogP contribution is -2.28. The zero-order chi connectivity index (χ0) is 12.8. The molecule has 0 fully saturated rings. The van der Waals surface area contributed by atoms with Crippen molar-refractivity contribution in [2.24, 2.45) is 5.73 Å². The van der Waals surface area contributed by atoms with Gasteiger partial charge in [-0.1, -0.05) is 0 Å². The molecule has 2 nitrogen and oxygen atoms in total. The van der Waals surface area contributed by atoms with Crippen LogP contribution >= 0.6 is 11.3 Å². The van der Waals surface area contributed by atoms with Gasteiger partial charge in [-0.25, -0.2) is 4.98 Å². The third kappa shape index (κ3) is 2.42. The molecule has 2 rings (SSSR count). The summed E-state index contributed by atoms with van der Waals surface area (Å²) in [5, 5.41) is 0.631. The predicted molar refractivity (Wildman–Crippen MR) is 61.8 cm³/mol. The first-order valence-corrected chi connectivity index (χ1v) is 5.77. The van der Waals surface area contributed by atoms with Crippen LogP contribution in [0.2, 0.25) is 0 Å². The highest BCUT2D eigenvalue weighted by molar-refractivity contribution is 7.18. The molecule has 0 amide bonds. The highest BCUT2D eigenvalue weighted by Gasteiger charge is 2.31. The Balaban J connectivity index is 2.56. The maximum Gasteiger partial charge on any atom is 0.416 e. The Morgan fingerprint density at radius 1 is 1.24 bits per heavy atom. The van der Waals surface area contributed by atoms with Gasteiger partial charge < -0.3 is 5.73 Å². The topological polar surface area (TPSA) is 38.9 Å². The Morgan fingerprint density at radius 2 is 1.88 bits per heavy atom. The summed E-state index contributed by atoms with van der Waals surface area (Å²) in [6.45, 7) is 3.55. The van der Waals surface area contributed by atoms with Crippen LogP contribution in [-0.2, 0) is 11.7 Å². The quantitative estimate of drug-likeness (QED) is 0.852. The average molecular weight is 260 g/mol. The smallest absolute Gasteiger partial charge is 0.320 e. The standard InChI is InChI=1S/C11H11F3N2S/c1-10(2,15)9-16-7-5-6(11(12,13)14)3-4-8(7)17-9/h3-5H,15H2,1-2H3. The fraction of sp³-hybridized carbons (Fsp3) is 0.364. The van der Waals surface area contributed by atoms with Gasteiger partial charge in [-0.2, -0.15) is 13.2 Å². The van der Waals surface area contributed by atoms with E-state index in [1.807, 2.05) is 0 Å². The monoisotopic (exact) mass is 260 g/mol. The van der Waals surface area contributed by atoms with E-state index in [0.717, 1.165) is 12.1 Å². The molecule has 0 unspecified atom stereocenters. The average Bonchev–Trinajstić information content (AvgIpc) is 2.57. The van der Waals surface area contributed by atoms with Gasteiger partial charge in [-0.05, 0) is 32.0 Å². The van der Waals surface area contributed by atoms with Crippen LogP contribution in [0.1, 0.15) is 24.4 Å². The van der Waals surface area contributed by atoms with E-state index in [9.17, 15) is 13.2 Å². The van der Waals surface area contributed by atoms with Gasteiger partial charge >= 0.3 is 6.18 Å². The molecule has 1 aromatic heterocycles. The van der Waals surface area contributed by atoms with E-state index in [4.69, 9.17) is 5.73 Å². The number of fused-ring (bicyclic) bond motifs is 1. The van der Waals surface area contributed by atoms with Crippen molar-refractivity contribution in [3.63, 3.8) is 0 Å². The molecule has 0 bridgehead atoms. The molecule has 92 valence electrons. The van der Waals surface area contributed by atoms with Crippen molar-refractivity contribution < 1.29 is 13.2 Å². The Kier molecular flexibility index (Phi) is 2.67.